The van der Waals surface area contributed by atoms with E-state index in [-0.39, 0.29) is 11.8 Å². The molecule has 0 spiro atoms. The number of pyridine rings is 2. The van der Waals surface area contributed by atoms with Crippen LogP contribution in [0, 0.1) is 5.92 Å². The fraction of sp³-hybridized carbons (Fsp3) is 0.310. The highest BCUT2D eigenvalue weighted by Crippen LogP contribution is 2.35. The Bertz CT molecular complexity index is 1640. The monoisotopic (exact) mass is 506 g/mol. The van der Waals surface area contributed by atoms with E-state index in [4.69, 9.17) is 0 Å². The molecule has 4 aromatic heterocycles. The van der Waals surface area contributed by atoms with Crippen molar-refractivity contribution >= 4 is 39.2 Å². The molecule has 192 valence electrons. The van der Waals surface area contributed by atoms with Gasteiger partial charge in [-0.3, -0.25) is 14.9 Å². The molecule has 1 saturated heterocycles. The summed E-state index contributed by atoms with van der Waals surface area (Å²) in [5, 5.41) is 12.8. The molecule has 1 amide bonds. The topological polar surface area (TPSA) is 106 Å². The van der Waals surface area contributed by atoms with E-state index in [0.717, 1.165) is 78.9 Å². The number of piperazine rings is 1. The van der Waals surface area contributed by atoms with E-state index in [9.17, 15) is 4.79 Å². The largest absolute Gasteiger partial charge is 0.368 e. The summed E-state index contributed by atoms with van der Waals surface area (Å²) in [6, 6.07) is 12.7. The van der Waals surface area contributed by atoms with Crippen molar-refractivity contribution < 1.29 is 4.79 Å². The molecule has 1 aromatic carbocycles. The quantitative estimate of drug-likeness (QED) is 0.320. The van der Waals surface area contributed by atoms with Crippen molar-refractivity contribution in [1.29, 1.82) is 0 Å². The lowest BCUT2D eigenvalue weighted by atomic mass is 9.85. The van der Waals surface area contributed by atoms with Crippen LogP contribution in [0.5, 0.6) is 0 Å². The summed E-state index contributed by atoms with van der Waals surface area (Å²) in [5.74, 6) is 0.203. The maximum Gasteiger partial charge on any atom is 0.227 e. The molecule has 9 heteroatoms. The molecule has 5 aromatic rings. The summed E-state index contributed by atoms with van der Waals surface area (Å²) in [6.45, 7) is 4.16. The van der Waals surface area contributed by atoms with Gasteiger partial charge in [0, 0.05) is 77.6 Å². The SMILES string of the molecule is CN1CCN(c2cccc3[nH]c(-c4[nH]nc5ncc(-c6cncc(NC(=O)C7CCC7)c6)cc45)cc23)CC1. The van der Waals surface area contributed by atoms with Gasteiger partial charge in [0.05, 0.1) is 23.3 Å². The van der Waals surface area contributed by atoms with Gasteiger partial charge in [0.1, 0.15) is 0 Å². The Morgan fingerprint density at radius 1 is 1.00 bits per heavy atom. The number of likely N-dealkylation sites (N-methyl/N-ethyl adjacent to an activating group) is 1. The molecule has 9 nitrogen and oxygen atoms in total. The second-order valence-electron chi connectivity index (χ2n) is 10.5. The highest BCUT2D eigenvalue weighted by atomic mass is 16.1. The molecular weight excluding hydrogens is 476 g/mol. The number of aromatic amines is 2. The second kappa shape index (κ2) is 9.25. The lowest BCUT2D eigenvalue weighted by molar-refractivity contribution is -0.122. The average molecular weight is 507 g/mol. The van der Waals surface area contributed by atoms with Crippen LogP contribution in [0.4, 0.5) is 11.4 Å². The first-order valence-corrected chi connectivity index (χ1v) is 13.3. The number of rotatable bonds is 5. The number of hydrogen-bond acceptors (Lipinski definition) is 6. The van der Waals surface area contributed by atoms with Crippen molar-refractivity contribution in [2.24, 2.45) is 5.92 Å². The fourth-order valence-electron chi connectivity index (χ4n) is 5.44. The van der Waals surface area contributed by atoms with Crippen LogP contribution >= 0.6 is 0 Å². The van der Waals surface area contributed by atoms with Gasteiger partial charge in [-0.2, -0.15) is 5.10 Å². The first-order chi connectivity index (χ1) is 18.6. The number of carbonyl (C=O) groups excluding carboxylic acids is 1. The van der Waals surface area contributed by atoms with Crippen LogP contribution in [0.1, 0.15) is 19.3 Å². The van der Waals surface area contributed by atoms with Gasteiger partial charge in [0.2, 0.25) is 5.91 Å². The smallest absolute Gasteiger partial charge is 0.227 e. The number of fused-ring (bicyclic) bond motifs is 2. The zero-order valence-electron chi connectivity index (χ0n) is 21.4. The molecule has 2 fully saturated rings. The van der Waals surface area contributed by atoms with Crippen molar-refractivity contribution in [3.05, 3.63) is 55.0 Å². The van der Waals surface area contributed by atoms with Crippen molar-refractivity contribution in [1.82, 2.24) is 30.0 Å². The van der Waals surface area contributed by atoms with Gasteiger partial charge in [0.15, 0.2) is 5.65 Å². The minimum absolute atomic E-state index is 0.0793. The molecule has 3 N–H and O–H groups in total. The Morgan fingerprint density at radius 3 is 2.66 bits per heavy atom. The Labute approximate surface area is 220 Å². The number of nitrogens with one attached hydrogen (secondary N) is 3. The van der Waals surface area contributed by atoms with E-state index >= 15 is 0 Å². The van der Waals surface area contributed by atoms with Gasteiger partial charge in [-0.15, -0.1) is 0 Å². The molecule has 0 bridgehead atoms. The third-order valence-corrected chi connectivity index (χ3v) is 7.98. The van der Waals surface area contributed by atoms with Crippen LogP contribution in [-0.4, -0.2) is 69.2 Å². The number of carbonyl (C=O) groups is 1. The van der Waals surface area contributed by atoms with Crippen molar-refractivity contribution in [3.63, 3.8) is 0 Å². The fourth-order valence-corrected chi connectivity index (χ4v) is 5.44. The van der Waals surface area contributed by atoms with Gasteiger partial charge >= 0.3 is 0 Å². The molecule has 2 aliphatic rings. The third kappa shape index (κ3) is 4.09. The van der Waals surface area contributed by atoms with E-state index in [1.165, 1.54) is 11.1 Å². The maximum absolute atomic E-state index is 12.4. The number of hydrogen-bond donors (Lipinski definition) is 3. The maximum atomic E-state index is 12.4. The minimum atomic E-state index is 0.0793. The van der Waals surface area contributed by atoms with E-state index < -0.39 is 0 Å². The van der Waals surface area contributed by atoms with Crippen molar-refractivity contribution in [2.75, 3.05) is 43.4 Å². The summed E-state index contributed by atoms with van der Waals surface area (Å²) in [7, 11) is 2.18. The summed E-state index contributed by atoms with van der Waals surface area (Å²) >= 11 is 0. The predicted octanol–water partition coefficient (Wildman–Crippen LogP) is 4.66. The van der Waals surface area contributed by atoms with Gasteiger partial charge in [-0.05, 0) is 50.2 Å². The molecule has 0 radical (unpaired) electrons. The number of amides is 1. The molecular formula is C29H30N8O. The van der Waals surface area contributed by atoms with Crippen LogP contribution in [0.15, 0.2) is 55.0 Å². The first-order valence-electron chi connectivity index (χ1n) is 13.3. The standard InChI is InChI=1S/C29H30N8O/c1-36-8-10-37(11-9-36)26-7-3-6-24-22(26)14-25(33-24)27-23-13-20(16-31-28(23)35-34-27)19-12-21(17-30-15-19)32-29(38)18-4-2-5-18/h3,6-7,12-18,33H,2,4-5,8-11H2,1H3,(H,32,38)(H,31,34,35). The van der Waals surface area contributed by atoms with Gasteiger partial charge in [-0.1, -0.05) is 12.5 Å². The van der Waals surface area contributed by atoms with E-state index in [1.54, 1.807) is 18.6 Å². The Hall–Kier alpha value is -4.24. The summed E-state index contributed by atoms with van der Waals surface area (Å²) in [6.07, 6.45) is 8.35. The van der Waals surface area contributed by atoms with E-state index in [2.05, 4.69) is 77.6 Å². The Kier molecular flexibility index (Phi) is 5.58. The molecule has 5 heterocycles. The van der Waals surface area contributed by atoms with Crippen molar-refractivity contribution in [3.8, 4) is 22.5 Å². The van der Waals surface area contributed by atoms with Gasteiger partial charge < -0.3 is 20.1 Å². The highest BCUT2D eigenvalue weighted by molar-refractivity contribution is 6.00. The molecule has 38 heavy (non-hydrogen) atoms. The molecule has 7 rings (SSSR count). The lowest BCUT2D eigenvalue weighted by Gasteiger charge is -2.34. The van der Waals surface area contributed by atoms with Crippen LogP contribution in [0.3, 0.4) is 0 Å². The summed E-state index contributed by atoms with van der Waals surface area (Å²) in [4.78, 5) is 29.8. The molecule has 1 saturated carbocycles. The van der Waals surface area contributed by atoms with Crippen LogP contribution < -0.4 is 10.2 Å². The molecule has 1 aliphatic heterocycles. The van der Waals surface area contributed by atoms with E-state index in [1.807, 2.05) is 6.07 Å². The zero-order valence-corrected chi connectivity index (χ0v) is 21.4. The number of anilines is 2. The number of benzene rings is 1. The number of aromatic nitrogens is 5. The predicted molar refractivity (Wildman–Crippen MR) is 150 cm³/mol. The summed E-state index contributed by atoms with van der Waals surface area (Å²) < 4.78 is 0. The molecule has 1 aliphatic carbocycles. The average Bonchev–Trinajstić information content (AvgIpc) is 3.52. The Morgan fingerprint density at radius 2 is 1.84 bits per heavy atom. The normalized spacial score (nSPS) is 16.7. The number of H-pyrrole nitrogens is 2. The highest BCUT2D eigenvalue weighted by Gasteiger charge is 2.25. The minimum Gasteiger partial charge on any atom is -0.368 e. The molecule has 0 unspecified atom stereocenters. The third-order valence-electron chi connectivity index (χ3n) is 7.98. The van der Waals surface area contributed by atoms with Gasteiger partial charge in [-0.25, -0.2) is 4.98 Å². The van der Waals surface area contributed by atoms with Gasteiger partial charge in [0.25, 0.3) is 0 Å². The number of nitrogens with zero attached hydrogens (tertiary/aromatic N) is 5. The zero-order chi connectivity index (χ0) is 25.6. The molecule has 0 atom stereocenters. The lowest BCUT2D eigenvalue weighted by Crippen LogP contribution is -2.44. The second-order valence-corrected chi connectivity index (χ2v) is 10.5. The van der Waals surface area contributed by atoms with E-state index in [0.29, 0.717) is 11.3 Å². The summed E-state index contributed by atoms with van der Waals surface area (Å²) in [5.41, 5.74) is 7.41. The van der Waals surface area contributed by atoms with Crippen LogP contribution in [0.2, 0.25) is 0 Å². The van der Waals surface area contributed by atoms with Crippen molar-refractivity contribution in [2.45, 2.75) is 19.3 Å². The first kappa shape index (κ1) is 22.9. The van der Waals surface area contributed by atoms with Crippen LogP contribution in [-0.2, 0) is 4.79 Å². The Balaban J connectivity index is 1.22. The van der Waals surface area contributed by atoms with Crippen LogP contribution in [0.25, 0.3) is 44.5 Å².